The Morgan fingerprint density at radius 3 is 2.73 bits per heavy atom. The van der Waals surface area contributed by atoms with Crippen LogP contribution in [0.15, 0.2) is 35.3 Å². The van der Waals surface area contributed by atoms with Crippen molar-refractivity contribution >= 4 is 35.6 Å². The zero-order chi connectivity index (χ0) is 14.9. The van der Waals surface area contributed by atoms with E-state index in [-0.39, 0.29) is 24.0 Å². The van der Waals surface area contributed by atoms with E-state index in [1.807, 2.05) is 30.3 Å². The lowest BCUT2D eigenvalue weighted by molar-refractivity contribution is 0.275. The van der Waals surface area contributed by atoms with Crippen molar-refractivity contribution in [2.75, 3.05) is 51.6 Å². The number of nitrogens with one attached hydrogen (secondary N) is 1. The number of hydrogen-bond acceptors (Lipinski definition) is 3. The minimum Gasteiger partial charge on any atom is -0.370 e. The minimum absolute atomic E-state index is 0. The summed E-state index contributed by atoms with van der Waals surface area (Å²) < 4.78 is 0. The summed E-state index contributed by atoms with van der Waals surface area (Å²) in [6.45, 7) is 6.63. The van der Waals surface area contributed by atoms with Gasteiger partial charge in [-0.1, -0.05) is 18.2 Å². The van der Waals surface area contributed by atoms with Crippen LogP contribution in [-0.4, -0.2) is 62.1 Å². The van der Waals surface area contributed by atoms with E-state index in [0.717, 1.165) is 31.7 Å². The van der Waals surface area contributed by atoms with Gasteiger partial charge in [0.25, 0.3) is 0 Å². The van der Waals surface area contributed by atoms with Gasteiger partial charge in [-0.15, -0.1) is 24.0 Å². The molecule has 0 radical (unpaired) electrons. The number of likely N-dealkylation sites (N-methyl/N-ethyl adjacent to an activating group) is 1. The van der Waals surface area contributed by atoms with Gasteiger partial charge in [-0.05, 0) is 51.7 Å². The summed E-state index contributed by atoms with van der Waals surface area (Å²) in [6, 6.07) is 9.90. The molecule has 3 N–H and O–H groups in total. The van der Waals surface area contributed by atoms with Gasteiger partial charge in [-0.25, -0.2) is 0 Å². The molecule has 1 saturated heterocycles. The molecular weight excluding hydrogens is 389 g/mol. The molecule has 5 nitrogen and oxygen atoms in total. The molecule has 0 saturated carbocycles. The Morgan fingerprint density at radius 1 is 1.18 bits per heavy atom. The third kappa shape index (κ3) is 7.42. The molecule has 0 atom stereocenters. The molecule has 0 aromatic heterocycles. The van der Waals surface area contributed by atoms with Crippen LogP contribution in [-0.2, 0) is 0 Å². The molecule has 6 heteroatoms. The standard InChI is InChI=1S/C16H27N5.HI/c1-20-10-6-12-21(14-13-20)11-5-9-18-16(17)19-15-7-3-2-4-8-15;/h2-4,7-8H,5-6,9-14H2,1H3,(H3,17,18,19);1H. The van der Waals surface area contributed by atoms with Gasteiger partial charge in [-0.2, -0.15) is 0 Å². The average Bonchev–Trinajstić information content (AvgIpc) is 2.69. The van der Waals surface area contributed by atoms with Crippen molar-refractivity contribution in [3.63, 3.8) is 0 Å². The van der Waals surface area contributed by atoms with E-state index in [9.17, 15) is 0 Å². The summed E-state index contributed by atoms with van der Waals surface area (Å²) in [4.78, 5) is 9.32. The number of aliphatic imine (C=N–C) groups is 1. The summed E-state index contributed by atoms with van der Waals surface area (Å²) in [5.74, 6) is 0.497. The number of hydrogen-bond donors (Lipinski definition) is 2. The molecule has 0 amide bonds. The van der Waals surface area contributed by atoms with Crippen LogP contribution in [0.25, 0.3) is 0 Å². The highest BCUT2D eigenvalue weighted by atomic mass is 127. The van der Waals surface area contributed by atoms with Gasteiger partial charge >= 0.3 is 0 Å². The van der Waals surface area contributed by atoms with Gasteiger partial charge < -0.3 is 20.9 Å². The Morgan fingerprint density at radius 2 is 1.95 bits per heavy atom. The first-order chi connectivity index (χ1) is 10.2. The smallest absolute Gasteiger partial charge is 0.193 e. The number of benzene rings is 1. The maximum Gasteiger partial charge on any atom is 0.193 e. The van der Waals surface area contributed by atoms with Crippen LogP contribution in [0.2, 0.25) is 0 Å². The van der Waals surface area contributed by atoms with Gasteiger partial charge in [0.05, 0.1) is 0 Å². The Balaban J connectivity index is 0.00000242. The first-order valence-electron chi connectivity index (χ1n) is 7.77. The Hall–Kier alpha value is -0.860. The molecule has 0 aliphatic carbocycles. The summed E-state index contributed by atoms with van der Waals surface area (Å²) >= 11 is 0. The first-order valence-corrected chi connectivity index (χ1v) is 7.77. The number of nitrogens with zero attached hydrogens (tertiary/aromatic N) is 3. The van der Waals surface area contributed by atoms with E-state index in [0.29, 0.717) is 5.96 Å². The summed E-state index contributed by atoms with van der Waals surface area (Å²) in [5, 5.41) is 3.10. The van der Waals surface area contributed by atoms with E-state index in [1.165, 1.54) is 26.1 Å². The molecule has 1 aliphatic heterocycles. The summed E-state index contributed by atoms with van der Waals surface area (Å²) in [7, 11) is 2.20. The van der Waals surface area contributed by atoms with Crippen LogP contribution in [0.5, 0.6) is 0 Å². The molecular formula is C16H28IN5. The SMILES string of the molecule is CN1CCCN(CCCN=C(N)Nc2ccccc2)CC1.I. The number of rotatable bonds is 5. The third-order valence-electron chi connectivity index (χ3n) is 3.77. The van der Waals surface area contributed by atoms with Gasteiger partial charge in [-0.3, -0.25) is 4.99 Å². The monoisotopic (exact) mass is 417 g/mol. The molecule has 2 rings (SSSR count). The van der Waals surface area contributed by atoms with Crippen LogP contribution in [0.1, 0.15) is 12.8 Å². The second kappa shape index (κ2) is 10.8. The van der Waals surface area contributed by atoms with E-state index >= 15 is 0 Å². The number of halogens is 1. The lowest BCUT2D eigenvalue weighted by Gasteiger charge is -2.19. The van der Waals surface area contributed by atoms with Crippen molar-refractivity contribution in [1.29, 1.82) is 0 Å². The molecule has 1 aromatic carbocycles. The van der Waals surface area contributed by atoms with E-state index in [2.05, 4.69) is 27.2 Å². The fourth-order valence-electron chi connectivity index (χ4n) is 2.53. The number of anilines is 1. The molecule has 0 unspecified atom stereocenters. The quantitative estimate of drug-likeness (QED) is 0.333. The van der Waals surface area contributed by atoms with Crippen molar-refractivity contribution in [2.45, 2.75) is 12.8 Å². The second-order valence-electron chi connectivity index (χ2n) is 5.61. The number of para-hydroxylation sites is 1. The van der Waals surface area contributed by atoms with E-state index in [1.54, 1.807) is 0 Å². The van der Waals surface area contributed by atoms with Crippen molar-refractivity contribution in [1.82, 2.24) is 9.80 Å². The maximum atomic E-state index is 5.89. The fraction of sp³-hybridized carbons (Fsp3) is 0.562. The molecule has 22 heavy (non-hydrogen) atoms. The predicted molar refractivity (Wildman–Crippen MR) is 105 cm³/mol. The highest BCUT2D eigenvalue weighted by Crippen LogP contribution is 2.04. The molecule has 1 fully saturated rings. The molecule has 0 spiro atoms. The Bertz CT molecular complexity index is 437. The van der Waals surface area contributed by atoms with E-state index < -0.39 is 0 Å². The van der Waals surface area contributed by atoms with Crippen molar-refractivity contribution in [3.05, 3.63) is 30.3 Å². The largest absolute Gasteiger partial charge is 0.370 e. The first kappa shape index (κ1) is 19.2. The van der Waals surface area contributed by atoms with Gasteiger partial charge in [0, 0.05) is 25.3 Å². The zero-order valence-corrected chi connectivity index (χ0v) is 15.7. The molecule has 1 aromatic rings. The Kier molecular flexibility index (Phi) is 9.42. The van der Waals surface area contributed by atoms with Crippen molar-refractivity contribution < 1.29 is 0 Å². The highest BCUT2D eigenvalue weighted by Gasteiger charge is 2.10. The van der Waals surface area contributed by atoms with Gasteiger partial charge in [0.2, 0.25) is 0 Å². The number of guanidine groups is 1. The van der Waals surface area contributed by atoms with Gasteiger partial charge in [0.1, 0.15) is 0 Å². The topological polar surface area (TPSA) is 56.9 Å². The lowest BCUT2D eigenvalue weighted by Crippen LogP contribution is -2.30. The Labute approximate surface area is 151 Å². The van der Waals surface area contributed by atoms with E-state index in [4.69, 9.17) is 5.73 Å². The number of nitrogens with two attached hydrogens (primary N) is 1. The maximum absolute atomic E-state index is 5.89. The van der Waals surface area contributed by atoms with Crippen molar-refractivity contribution in [2.24, 2.45) is 10.7 Å². The van der Waals surface area contributed by atoms with Crippen LogP contribution in [0.4, 0.5) is 5.69 Å². The van der Waals surface area contributed by atoms with Crippen LogP contribution < -0.4 is 11.1 Å². The van der Waals surface area contributed by atoms with Crippen LogP contribution in [0.3, 0.4) is 0 Å². The van der Waals surface area contributed by atoms with Crippen LogP contribution in [0, 0.1) is 0 Å². The highest BCUT2D eigenvalue weighted by molar-refractivity contribution is 14.0. The predicted octanol–water partition coefficient (Wildman–Crippen LogP) is 2.06. The normalized spacial score (nSPS) is 17.6. The molecule has 1 aliphatic rings. The van der Waals surface area contributed by atoms with Crippen molar-refractivity contribution in [3.8, 4) is 0 Å². The summed E-state index contributed by atoms with van der Waals surface area (Å²) in [6.07, 6.45) is 2.32. The zero-order valence-electron chi connectivity index (χ0n) is 13.4. The third-order valence-corrected chi connectivity index (χ3v) is 3.77. The fourth-order valence-corrected chi connectivity index (χ4v) is 2.53. The molecule has 124 valence electrons. The van der Waals surface area contributed by atoms with Gasteiger partial charge in [0.15, 0.2) is 5.96 Å². The average molecular weight is 417 g/mol. The molecule has 1 heterocycles. The molecule has 0 bridgehead atoms. The minimum atomic E-state index is 0. The van der Waals surface area contributed by atoms with Crippen LogP contribution >= 0.6 is 24.0 Å². The summed E-state index contributed by atoms with van der Waals surface area (Å²) in [5.41, 5.74) is 6.87. The lowest BCUT2D eigenvalue weighted by atomic mass is 10.3. The second-order valence-corrected chi connectivity index (χ2v) is 5.61.